The van der Waals surface area contributed by atoms with Gasteiger partial charge in [0.15, 0.2) is 0 Å². The van der Waals surface area contributed by atoms with E-state index in [1.807, 2.05) is 4.90 Å². The summed E-state index contributed by atoms with van der Waals surface area (Å²) in [5.41, 5.74) is 8.53. The Morgan fingerprint density at radius 2 is 1.95 bits per heavy atom. The van der Waals surface area contributed by atoms with Crippen molar-refractivity contribution in [3.63, 3.8) is 0 Å². The molecule has 0 aromatic carbocycles. The molecular formula is C25H38F2N8O2. The van der Waals surface area contributed by atoms with Gasteiger partial charge in [-0.3, -0.25) is 4.79 Å². The number of nitrogens with zero attached hydrogens (tertiary/aromatic N) is 6. The highest BCUT2D eigenvalue weighted by atomic mass is 19.3. The first kappa shape index (κ1) is 28.3. The summed E-state index contributed by atoms with van der Waals surface area (Å²) in [5.74, 6) is 6.50. The van der Waals surface area contributed by atoms with Crippen molar-refractivity contribution in [1.29, 1.82) is 0 Å². The van der Waals surface area contributed by atoms with Crippen LogP contribution in [0.2, 0.25) is 0 Å². The second-order valence-corrected chi connectivity index (χ2v) is 9.36. The van der Waals surface area contributed by atoms with Crippen LogP contribution in [0.25, 0.3) is 5.70 Å². The van der Waals surface area contributed by atoms with Crippen LogP contribution in [0.5, 0.6) is 0 Å². The van der Waals surface area contributed by atoms with Gasteiger partial charge < -0.3 is 20.4 Å². The molecule has 2 aliphatic rings. The number of piperidine rings is 1. The number of hydrogen-bond donors (Lipinski definition) is 2. The minimum atomic E-state index is -2.69. The number of pyridine rings is 1. The highest BCUT2D eigenvalue weighted by Crippen LogP contribution is 2.32. The van der Waals surface area contributed by atoms with E-state index in [1.165, 1.54) is 29.6 Å². The summed E-state index contributed by atoms with van der Waals surface area (Å²) >= 11 is 0. The van der Waals surface area contributed by atoms with Gasteiger partial charge in [0.05, 0.1) is 41.3 Å². The molecule has 0 unspecified atom stereocenters. The van der Waals surface area contributed by atoms with E-state index in [4.69, 9.17) is 11.6 Å². The van der Waals surface area contributed by atoms with E-state index in [2.05, 4.69) is 19.9 Å². The van der Waals surface area contributed by atoms with Crippen LogP contribution < -0.4 is 16.5 Å². The van der Waals surface area contributed by atoms with Crippen molar-refractivity contribution in [2.24, 2.45) is 17.5 Å². The van der Waals surface area contributed by atoms with Crippen molar-refractivity contribution >= 4 is 17.4 Å². The van der Waals surface area contributed by atoms with E-state index in [9.17, 15) is 13.6 Å². The normalized spacial score (nSPS) is 16.1. The molecule has 12 heteroatoms. The number of carbonyl (C=O) groups excluding carboxylic acids is 1. The number of ether oxygens (including phenoxy) is 1. The van der Waals surface area contributed by atoms with Crippen LogP contribution in [0, 0.1) is 5.92 Å². The van der Waals surface area contributed by atoms with Gasteiger partial charge in [-0.25, -0.2) is 19.6 Å². The van der Waals surface area contributed by atoms with Crippen molar-refractivity contribution in [1.82, 2.24) is 25.0 Å². The average molecular weight is 521 g/mol. The number of carbonyl (C=O) groups is 1. The largest absolute Gasteiger partial charge is 0.466 e. The van der Waals surface area contributed by atoms with Gasteiger partial charge in [0.1, 0.15) is 12.2 Å². The fourth-order valence-corrected chi connectivity index (χ4v) is 4.17. The van der Waals surface area contributed by atoms with Gasteiger partial charge in [-0.2, -0.15) is 15.0 Å². The maximum Gasteiger partial charge on any atom is 0.302 e. The van der Waals surface area contributed by atoms with E-state index in [1.54, 1.807) is 32.3 Å². The predicted molar refractivity (Wildman–Crippen MR) is 137 cm³/mol. The third-order valence-electron chi connectivity index (χ3n) is 6.24. The topological polar surface area (TPSA) is 128 Å². The fraction of sp³-hybridized carbons (Fsp3) is 0.600. The van der Waals surface area contributed by atoms with Crippen LogP contribution in [0.1, 0.15) is 69.5 Å². The van der Waals surface area contributed by atoms with E-state index in [0.717, 1.165) is 44.5 Å². The number of anilines is 1. The highest BCUT2D eigenvalue weighted by molar-refractivity contribution is 5.66. The lowest BCUT2D eigenvalue weighted by molar-refractivity contribution is -0.140. The van der Waals surface area contributed by atoms with Gasteiger partial charge in [0.2, 0.25) is 0 Å². The standard InChI is InChI=1S/C21H30F2N8.C4H8O2/c1-29(25)18(13-31-26-12-15(28-31)11-14-5-6-14)19(24)16-7-8-17(20(27-16)21(22)23)30-9-3-2-4-10-30;1-3-6-4(2)5/h7-8,12,14,21H,2-6,9-11,13,24-25H2,1H3;3H2,1-2H3/b19-18-;. The lowest BCUT2D eigenvalue weighted by Crippen LogP contribution is -2.32. The van der Waals surface area contributed by atoms with Gasteiger partial charge in [-0.1, -0.05) is 0 Å². The molecule has 1 saturated carbocycles. The zero-order valence-corrected chi connectivity index (χ0v) is 21.9. The number of likely N-dealkylation sites (N-methyl/N-ethyl adjacent to an activating group) is 1. The third kappa shape index (κ3) is 8.38. The summed E-state index contributed by atoms with van der Waals surface area (Å²) < 4.78 is 32.1. The Balaban J connectivity index is 0.000000568. The average Bonchev–Trinajstić information content (AvgIpc) is 3.58. The molecule has 1 saturated heterocycles. The predicted octanol–water partition coefficient (Wildman–Crippen LogP) is 3.26. The molecule has 0 radical (unpaired) electrons. The number of allylic oxidation sites excluding steroid dienone is 1. The fourth-order valence-electron chi connectivity index (χ4n) is 4.17. The molecule has 0 spiro atoms. The second-order valence-electron chi connectivity index (χ2n) is 9.36. The number of hydrogen-bond acceptors (Lipinski definition) is 9. The van der Waals surface area contributed by atoms with Crippen LogP contribution in [0.3, 0.4) is 0 Å². The number of aromatic nitrogens is 4. The maximum atomic E-state index is 13.8. The van der Waals surface area contributed by atoms with Gasteiger partial charge in [0, 0.05) is 27.1 Å². The number of esters is 1. The molecule has 0 bridgehead atoms. The summed E-state index contributed by atoms with van der Waals surface area (Å²) in [4.78, 5) is 17.6. The van der Waals surface area contributed by atoms with Gasteiger partial charge >= 0.3 is 5.97 Å². The third-order valence-corrected chi connectivity index (χ3v) is 6.24. The molecule has 37 heavy (non-hydrogen) atoms. The Kier molecular flexibility index (Phi) is 10.2. The van der Waals surface area contributed by atoms with Crippen LogP contribution in [0.15, 0.2) is 24.0 Å². The number of alkyl halides is 2. The Bertz CT molecular complexity index is 1060. The molecular weight excluding hydrogens is 482 g/mol. The first-order valence-corrected chi connectivity index (χ1v) is 12.7. The molecule has 2 aromatic rings. The number of hydrazine groups is 1. The summed E-state index contributed by atoms with van der Waals surface area (Å²) in [6.07, 6.45) is 5.57. The molecule has 1 aliphatic heterocycles. The minimum absolute atomic E-state index is 0.211. The monoisotopic (exact) mass is 520 g/mol. The smallest absolute Gasteiger partial charge is 0.302 e. The van der Waals surface area contributed by atoms with Crippen LogP contribution in [0.4, 0.5) is 14.5 Å². The molecule has 0 atom stereocenters. The van der Waals surface area contributed by atoms with Crippen LogP contribution in [-0.4, -0.2) is 57.7 Å². The Morgan fingerprint density at radius 3 is 2.49 bits per heavy atom. The van der Waals surface area contributed by atoms with E-state index in [-0.39, 0.29) is 29.6 Å². The molecule has 204 valence electrons. The van der Waals surface area contributed by atoms with Crippen molar-refractivity contribution in [3.05, 3.63) is 41.1 Å². The number of halogens is 2. The summed E-state index contributed by atoms with van der Waals surface area (Å²) in [6, 6.07) is 3.37. The molecule has 4 N–H and O–H groups in total. The Labute approximate surface area is 216 Å². The zero-order chi connectivity index (χ0) is 26.9. The molecule has 3 heterocycles. The quantitative estimate of drug-likeness (QED) is 0.291. The molecule has 4 rings (SSSR count). The number of nitrogens with two attached hydrogens (primary N) is 2. The highest BCUT2D eigenvalue weighted by Gasteiger charge is 2.24. The first-order chi connectivity index (χ1) is 17.7. The number of rotatable bonds is 9. The van der Waals surface area contributed by atoms with E-state index in [0.29, 0.717) is 23.9 Å². The lowest BCUT2D eigenvalue weighted by Gasteiger charge is -2.30. The van der Waals surface area contributed by atoms with Crippen LogP contribution in [-0.2, 0) is 22.5 Å². The van der Waals surface area contributed by atoms with E-state index >= 15 is 0 Å². The van der Waals surface area contributed by atoms with Gasteiger partial charge in [-0.15, -0.1) is 0 Å². The molecule has 2 fully saturated rings. The SMILES string of the molecule is CCOC(C)=O.CN(N)/C(Cn1ncc(CC2CC2)n1)=C(\N)c1ccc(N2CCCCC2)c(C(F)F)n1. The van der Waals surface area contributed by atoms with Crippen molar-refractivity contribution in [2.75, 3.05) is 31.6 Å². The molecule has 2 aromatic heterocycles. The van der Waals surface area contributed by atoms with Crippen molar-refractivity contribution < 1.29 is 18.3 Å². The van der Waals surface area contributed by atoms with Gasteiger partial charge in [-0.05, 0) is 63.5 Å². The molecule has 1 aliphatic carbocycles. The molecule has 10 nitrogen and oxygen atoms in total. The first-order valence-electron chi connectivity index (χ1n) is 12.7. The van der Waals surface area contributed by atoms with E-state index < -0.39 is 6.43 Å². The van der Waals surface area contributed by atoms with Crippen LogP contribution >= 0.6 is 0 Å². The lowest BCUT2D eigenvalue weighted by atomic mass is 10.1. The van der Waals surface area contributed by atoms with Crippen molar-refractivity contribution in [3.8, 4) is 0 Å². The summed E-state index contributed by atoms with van der Waals surface area (Å²) in [6.45, 7) is 5.40. The second kappa shape index (κ2) is 13.3. The van der Waals surface area contributed by atoms with Gasteiger partial charge in [0.25, 0.3) is 6.43 Å². The van der Waals surface area contributed by atoms with Crippen molar-refractivity contribution in [2.45, 2.75) is 65.3 Å². The Hall–Kier alpha value is -3.28. The molecule has 0 amide bonds. The summed E-state index contributed by atoms with van der Waals surface area (Å²) in [7, 11) is 1.65. The summed E-state index contributed by atoms with van der Waals surface area (Å²) in [5, 5.41) is 10.2. The zero-order valence-electron chi connectivity index (χ0n) is 21.9. The maximum absolute atomic E-state index is 13.8. The minimum Gasteiger partial charge on any atom is -0.466 e. The Morgan fingerprint density at radius 1 is 1.24 bits per heavy atom.